The molecule has 0 unspecified atom stereocenters. The number of ether oxygens (including phenoxy) is 1. The van der Waals surface area contributed by atoms with Crippen LogP contribution in [0.5, 0.6) is 0 Å². The summed E-state index contributed by atoms with van der Waals surface area (Å²) in [6.07, 6.45) is 5.59. The van der Waals surface area contributed by atoms with Crippen molar-refractivity contribution in [1.29, 1.82) is 0 Å². The van der Waals surface area contributed by atoms with E-state index in [-0.39, 0.29) is 29.6 Å². The zero-order valence-electron chi connectivity index (χ0n) is 21.4. The fraction of sp³-hybridized carbons (Fsp3) is 0.226. The number of aliphatic imine (C=N–C) groups is 1. The van der Waals surface area contributed by atoms with Crippen LogP contribution >= 0.6 is 0 Å². The summed E-state index contributed by atoms with van der Waals surface area (Å²) in [6.45, 7) is 1.04. The van der Waals surface area contributed by atoms with Gasteiger partial charge in [0, 0.05) is 43.4 Å². The molecule has 0 aliphatic carbocycles. The molecular formula is C31H29N3O4S. The van der Waals surface area contributed by atoms with Crippen molar-refractivity contribution in [2.45, 2.75) is 29.5 Å². The van der Waals surface area contributed by atoms with E-state index in [1.54, 1.807) is 35.2 Å². The molecule has 0 radical (unpaired) electrons. The molecule has 3 aliphatic heterocycles. The Hall–Kier alpha value is -4.17. The number of fused-ring (bicyclic) bond motifs is 3. The van der Waals surface area contributed by atoms with Gasteiger partial charge in [-0.25, -0.2) is 13.4 Å². The van der Waals surface area contributed by atoms with Crippen molar-refractivity contribution in [3.63, 3.8) is 0 Å². The van der Waals surface area contributed by atoms with E-state index in [9.17, 15) is 13.2 Å². The first-order chi connectivity index (χ1) is 19.0. The summed E-state index contributed by atoms with van der Waals surface area (Å²) in [4.78, 5) is 21.5. The van der Waals surface area contributed by atoms with Crippen LogP contribution in [0.2, 0.25) is 0 Å². The molecule has 198 valence electrons. The van der Waals surface area contributed by atoms with Crippen molar-refractivity contribution in [2.24, 2.45) is 4.99 Å². The van der Waals surface area contributed by atoms with Crippen LogP contribution in [0.1, 0.15) is 29.2 Å². The predicted octanol–water partition coefficient (Wildman–Crippen LogP) is 4.19. The smallest absolute Gasteiger partial charge is 0.255 e. The van der Waals surface area contributed by atoms with Crippen molar-refractivity contribution < 1.29 is 17.9 Å². The van der Waals surface area contributed by atoms with E-state index in [0.29, 0.717) is 12.3 Å². The van der Waals surface area contributed by atoms with E-state index in [2.05, 4.69) is 5.32 Å². The second kappa shape index (κ2) is 10.2. The number of carbonyl (C=O) groups is 1. The second-order valence-corrected chi connectivity index (χ2v) is 12.1. The summed E-state index contributed by atoms with van der Waals surface area (Å²) in [5, 5.41) is 3.23. The van der Waals surface area contributed by atoms with Gasteiger partial charge in [0.2, 0.25) is 5.90 Å². The number of dihydropyridines is 1. The molecular weight excluding hydrogens is 510 g/mol. The molecule has 0 aromatic heterocycles. The molecule has 3 heterocycles. The van der Waals surface area contributed by atoms with Gasteiger partial charge in [-0.1, -0.05) is 72.8 Å². The number of nitrogens with one attached hydrogen (secondary N) is 1. The van der Waals surface area contributed by atoms with Crippen molar-refractivity contribution >= 4 is 21.6 Å². The van der Waals surface area contributed by atoms with E-state index >= 15 is 0 Å². The van der Waals surface area contributed by atoms with E-state index in [4.69, 9.17) is 9.73 Å². The Bertz CT molecular complexity index is 1580. The third kappa shape index (κ3) is 4.76. The van der Waals surface area contributed by atoms with Gasteiger partial charge >= 0.3 is 0 Å². The molecule has 1 N–H and O–H groups in total. The minimum Gasteiger partial charge on any atom is -0.466 e. The third-order valence-corrected chi connectivity index (χ3v) is 9.11. The van der Waals surface area contributed by atoms with Gasteiger partial charge in [0.25, 0.3) is 5.91 Å². The van der Waals surface area contributed by atoms with Gasteiger partial charge in [-0.15, -0.1) is 0 Å². The minimum atomic E-state index is -3.59. The van der Waals surface area contributed by atoms with Gasteiger partial charge < -0.3 is 15.0 Å². The maximum atomic E-state index is 14.6. The lowest BCUT2D eigenvalue weighted by Crippen LogP contribution is -2.49. The molecule has 0 fully saturated rings. The number of hydrogen-bond donors (Lipinski definition) is 1. The van der Waals surface area contributed by atoms with Crippen molar-refractivity contribution in [3.8, 4) is 0 Å². The predicted molar refractivity (Wildman–Crippen MR) is 150 cm³/mol. The lowest BCUT2D eigenvalue weighted by atomic mass is 9.81. The molecule has 7 nitrogen and oxygen atoms in total. The van der Waals surface area contributed by atoms with Crippen LogP contribution < -0.4 is 5.32 Å². The zero-order valence-corrected chi connectivity index (χ0v) is 22.2. The number of hydrogen-bond acceptors (Lipinski definition) is 6. The molecule has 3 aromatic carbocycles. The molecule has 8 heteroatoms. The van der Waals surface area contributed by atoms with E-state index in [0.717, 1.165) is 28.8 Å². The highest BCUT2D eigenvalue weighted by Gasteiger charge is 2.57. The molecule has 3 aliphatic rings. The molecule has 0 saturated heterocycles. The normalized spacial score (nSPS) is 22.1. The summed E-state index contributed by atoms with van der Waals surface area (Å²) in [5.74, 6) is -0.0139. The van der Waals surface area contributed by atoms with Crippen LogP contribution in [0, 0.1) is 0 Å². The van der Waals surface area contributed by atoms with Crippen molar-refractivity contribution in [2.75, 3.05) is 18.8 Å². The first-order valence-electron chi connectivity index (χ1n) is 13.0. The highest BCUT2D eigenvalue weighted by atomic mass is 32.2. The fourth-order valence-corrected chi connectivity index (χ4v) is 6.72. The maximum absolute atomic E-state index is 14.6. The van der Waals surface area contributed by atoms with Crippen LogP contribution in [0.4, 0.5) is 0 Å². The average Bonchev–Trinajstić information content (AvgIpc) is 3.33. The highest BCUT2D eigenvalue weighted by molar-refractivity contribution is 7.91. The molecule has 0 bridgehead atoms. The van der Waals surface area contributed by atoms with E-state index in [1.807, 2.05) is 72.9 Å². The van der Waals surface area contributed by atoms with Gasteiger partial charge in [0.15, 0.2) is 21.5 Å². The van der Waals surface area contributed by atoms with Crippen molar-refractivity contribution in [3.05, 3.63) is 126 Å². The number of nitrogens with zero attached hydrogens (tertiary/aromatic N) is 2. The maximum Gasteiger partial charge on any atom is 0.255 e. The molecule has 0 saturated carbocycles. The SMILES string of the molecule is O=C1N(CCS(=O)(=O)c2ccccc2)Cc2ccccc2[C@@H]2OC(c3ccccc3)=N[C@]12CC1=CNCC=C1. The van der Waals surface area contributed by atoms with Crippen LogP contribution in [0.15, 0.2) is 119 Å². The summed E-state index contributed by atoms with van der Waals surface area (Å²) < 4.78 is 32.9. The first-order valence-corrected chi connectivity index (χ1v) is 14.7. The number of allylic oxidation sites excluding steroid dienone is 1. The largest absolute Gasteiger partial charge is 0.466 e. The van der Waals surface area contributed by atoms with E-state index in [1.165, 1.54) is 0 Å². The van der Waals surface area contributed by atoms with Crippen LogP contribution in [0.25, 0.3) is 0 Å². The summed E-state index contributed by atoms with van der Waals surface area (Å²) in [6, 6.07) is 25.8. The molecule has 3 aromatic rings. The Kier molecular flexibility index (Phi) is 6.56. The van der Waals surface area contributed by atoms with E-state index < -0.39 is 21.5 Å². The Morgan fingerprint density at radius 1 is 0.974 bits per heavy atom. The number of sulfone groups is 1. The quantitative estimate of drug-likeness (QED) is 0.487. The summed E-state index contributed by atoms with van der Waals surface area (Å²) in [7, 11) is -3.59. The third-order valence-electron chi connectivity index (χ3n) is 7.40. The Labute approximate surface area is 228 Å². The van der Waals surface area contributed by atoms with Gasteiger partial charge in [0.05, 0.1) is 10.6 Å². The first kappa shape index (κ1) is 25.1. The molecule has 1 amide bonds. The fourth-order valence-electron chi connectivity index (χ4n) is 5.46. The van der Waals surface area contributed by atoms with Gasteiger partial charge in [-0.05, 0) is 35.4 Å². The standard InChI is InChI=1S/C31H29N3O4S/c35-30-31(20-23-10-9-17-32-21-23)28(38-29(33-31)24-11-3-1-4-12-24)27-16-8-7-13-25(27)22-34(30)18-19-39(36,37)26-14-5-2-6-15-26/h1-16,21,28,32H,17-20,22H2/t28-,31-/m0/s1. The highest BCUT2D eigenvalue weighted by Crippen LogP contribution is 2.48. The van der Waals surface area contributed by atoms with Gasteiger partial charge in [-0.3, -0.25) is 4.79 Å². The van der Waals surface area contributed by atoms with Crippen LogP contribution in [0.3, 0.4) is 0 Å². The van der Waals surface area contributed by atoms with Gasteiger partial charge in [-0.2, -0.15) is 0 Å². The second-order valence-electron chi connectivity index (χ2n) is 9.97. The zero-order chi connectivity index (χ0) is 26.9. The lowest BCUT2D eigenvalue weighted by Gasteiger charge is -2.33. The monoisotopic (exact) mass is 539 g/mol. The summed E-state index contributed by atoms with van der Waals surface area (Å²) in [5.41, 5.74) is 2.24. The molecule has 39 heavy (non-hydrogen) atoms. The summed E-state index contributed by atoms with van der Waals surface area (Å²) >= 11 is 0. The van der Waals surface area contributed by atoms with Gasteiger partial charge in [0.1, 0.15) is 0 Å². The number of rotatable bonds is 7. The Morgan fingerprint density at radius 2 is 1.69 bits per heavy atom. The average molecular weight is 540 g/mol. The molecule has 2 atom stereocenters. The molecule has 6 rings (SSSR count). The minimum absolute atomic E-state index is 0.0438. The number of amides is 1. The topological polar surface area (TPSA) is 88.1 Å². The van der Waals surface area contributed by atoms with Crippen molar-refractivity contribution in [1.82, 2.24) is 10.2 Å². The Morgan fingerprint density at radius 3 is 2.44 bits per heavy atom. The Balaban J connectivity index is 1.44. The molecule has 0 spiro atoms. The lowest BCUT2D eigenvalue weighted by molar-refractivity contribution is -0.139. The number of carbonyl (C=O) groups excluding carboxylic acids is 1. The van der Waals surface area contributed by atoms with Crippen LogP contribution in [-0.2, 0) is 25.9 Å². The number of benzene rings is 3. The van der Waals surface area contributed by atoms with Crippen LogP contribution in [-0.4, -0.2) is 49.5 Å².